The van der Waals surface area contributed by atoms with Crippen LogP contribution in [0.5, 0.6) is 0 Å². The Morgan fingerprint density at radius 2 is 1.82 bits per heavy atom. The predicted molar refractivity (Wildman–Crippen MR) is 82.0 cm³/mol. The van der Waals surface area contributed by atoms with Crippen LogP contribution in [0.15, 0.2) is 72.0 Å². The van der Waals surface area contributed by atoms with Crippen LogP contribution >= 0.6 is 0 Å². The molecule has 0 atom stereocenters. The average Bonchev–Trinajstić information content (AvgIpc) is 3.05. The lowest BCUT2D eigenvalue weighted by molar-refractivity contribution is 0.596. The standard InChI is InChI=1S/C15H12N4O2S/c1-2-22(20,21)15-16-10-8-13(18-15)14-9-11-17-19(14)12-6-4-3-5-7-12/h2-11H,1H2. The second-order valence-corrected chi connectivity index (χ2v) is 6.19. The first-order valence-corrected chi connectivity index (χ1v) is 7.97. The maximum atomic E-state index is 11.8. The van der Waals surface area contributed by atoms with E-state index in [-0.39, 0.29) is 5.16 Å². The summed E-state index contributed by atoms with van der Waals surface area (Å²) in [5.74, 6) is 0. The van der Waals surface area contributed by atoms with Crippen molar-refractivity contribution in [1.82, 2.24) is 19.7 Å². The Labute approximate surface area is 127 Å². The molecular formula is C15H12N4O2S. The molecule has 3 aromatic rings. The number of hydrogen-bond acceptors (Lipinski definition) is 5. The maximum Gasteiger partial charge on any atom is 0.251 e. The second-order valence-electron chi connectivity index (χ2n) is 4.40. The molecule has 0 aliphatic heterocycles. The smallest absolute Gasteiger partial charge is 0.232 e. The van der Waals surface area contributed by atoms with Gasteiger partial charge >= 0.3 is 0 Å². The third-order valence-electron chi connectivity index (χ3n) is 3.01. The van der Waals surface area contributed by atoms with Crippen molar-refractivity contribution >= 4 is 9.84 Å². The van der Waals surface area contributed by atoms with Gasteiger partial charge in [0.25, 0.3) is 5.16 Å². The molecule has 2 heterocycles. The zero-order valence-corrected chi connectivity index (χ0v) is 12.3. The molecular weight excluding hydrogens is 300 g/mol. The zero-order valence-electron chi connectivity index (χ0n) is 11.5. The van der Waals surface area contributed by atoms with Crippen LogP contribution in [-0.4, -0.2) is 28.2 Å². The molecule has 0 fully saturated rings. The van der Waals surface area contributed by atoms with E-state index in [4.69, 9.17) is 0 Å². The third kappa shape index (κ3) is 2.53. The van der Waals surface area contributed by atoms with E-state index in [0.29, 0.717) is 11.4 Å². The molecule has 0 aliphatic rings. The van der Waals surface area contributed by atoms with Crippen molar-refractivity contribution < 1.29 is 8.42 Å². The largest absolute Gasteiger partial charge is 0.251 e. The van der Waals surface area contributed by atoms with Crippen molar-refractivity contribution in [2.45, 2.75) is 5.16 Å². The summed E-state index contributed by atoms with van der Waals surface area (Å²) < 4.78 is 25.3. The molecule has 0 saturated heterocycles. The van der Waals surface area contributed by atoms with Gasteiger partial charge in [-0.3, -0.25) is 0 Å². The molecule has 0 amide bonds. The SMILES string of the molecule is C=CS(=O)(=O)c1nccc(-c2ccnn2-c2ccccc2)n1. The quantitative estimate of drug-likeness (QED) is 0.690. The molecule has 0 radical (unpaired) electrons. The number of rotatable bonds is 4. The van der Waals surface area contributed by atoms with E-state index in [1.54, 1.807) is 23.0 Å². The van der Waals surface area contributed by atoms with E-state index < -0.39 is 9.84 Å². The van der Waals surface area contributed by atoms with Gasteiger partial charge < -0.3 is 0 Å². The fourth-order valence-corrected chi connectivity index (χ4v) is 2.55. The van der Waals surface area contributed by atoms with E-state index >= 15 is 0 Å². The fraction of sp³-hybridized carbons (Fsp3) is 0. The summed E-state index contributed by atoms with van der Waals surface area (Å²) in [5, 5.41) is 4.82. The summed E-state index contributed by atoms with van der Waals surface area (Å²) in [6.07, 6.45) is 3.03. The number of hydrogen-bond donors (Lipinski definition) is 0. The van der Waals surface area contributed by atoms with Crippen LogP contribution in [0.4, 0.5) is 0 Å². The monoisotopic (exact) mass is 312 g/mol. The lowest BCUT2D eigenvalue weighted by atomic mass is 10.2. The Bertz CT molecular complexity index is 917. The minimum Gasteiger partial charge on any atom is -0.232 e. The first kappa shape index (κ1) is 14.2. The number of para-hydroxylation sites is 1. The molecule has 0 N–H and O–H groups in total. The lowest BCUT2D eigenvalue weighted by Gasteiger charge is -2.07. The lowest BCUT2D eigenvalue weighted by Crippen LogP contribution is -2.05. The third-order valence-corrected chi connectivity index (χ3v) is 4.16. The van der Waals surface area contributed by atoms with Crippen LogP contribution in [0.25, 0.3) is 17.1 Å². The molecule has 0 saturated carbocycles. The summed E-state index contributed by atoms with van der Waals surface area (Å²) in [6, 6.07) is 12.9. The van der Waals surface area contributed by atoms with Gasteiger partial charge in [-0.15, -0.1) is 0 Å². The minimum atomic E-state index is -3.68. The van der Waals surface area contributed by atoms with E-state index in [1.165, 1.54) is 6.20 Å². The molecule has 0 bridgehead atoms. The summed E-state index contributed by atoms with van der Waals surface area (Å²) >= 11 is 0. The Hall–Kier alpha value is -2.80. The molecule has 0 unspecified atom stereocenters. The van der Waals surface area contributed by atoms with Crippen LogP contribution in [-0.2, 0) is 9.84 Å². The first-order valence-electron chi connectivity index (χ1n) is 6.42. The molecule has 0 aliphatic carbocycles. The molecule has 7 heteroatoms. The van der Waals surface area contributed by atoms with Gasteiger partial charge in [-0.2, -0.15) is 5.10 Å². The summed E-state index contributed by atoms with van der Waals surface area (Å²) in [5.41, 5.74) is 2.00. The highest BCUT2D eigenvalue weighted by atomic mass is 32.2. The van der Waals surface area contributed by atoms with Crippen molar-refractivity contribution in [3.05, 3.63) is 66.8 Å². The molecule has 22 heavy (non-hydrogen) atoms. The van der Waals surface area contributed by atoms with Crippen molar-refractivity contribution in [2.24, 2.45) is 0 Å². The summed E-state index contributed by atoms with van der Waals surface area (Å²) in [4.78, 5) is 7.91. The van der Waals surface area contributed by atoms with E-state index in [9.17, 15) is 8.42 Å². The van der Waals surface area contributed by atoms with Gasteiger partial charge in [-0.05, 0) is 24.3 Å². The number of benzene rings is 1. The van der Waals surface area contributed by atoms with Crippen molar-refractivity contribution in [2.75, 3.05) is 0 Å². The highest BCUT2D eigenvalue weighted by Gasteiger charge is 2.16. The van der Waals surface area contributed by atoms with E-state index in [1.807, 2.05) is 30.3 Å². The molecule has 2 aromatic heterocycles. The molecule has 110 valence electrons. The second kappa shape index (κ2) is 5.53. The Morgan fingerprint density at radius 3 is 2.55 bits per heavy atom. The minimum absolute atomic E-state index is 0.277. The molecule has 0 spiro atoms. The highest BCUT2D eigenvalue weighted by molar-refractivity contribution is 7.94. The topological polar surface area (TPSA) is 77.7 Å². The van der Waals surface area contributed by atoms with E-state index in [0.717, 1.165) is 11.1 Å². The predicted octanol–water partition coefficient (Wildman–Crippen LogP) is 2.25. The van der Waals surface area contributed by atoms with Crippen LogP contribution in [0.1, 0.15) is 0 Å². The molecule has 1 aromatic carbocycles. The first-order chi connectivity index (χ1) is 10.6. The summed E-state index contributed by atoms with van der Waals surface area (Å²) in [6.45, 7) is 3.28. The Morgan fingerprint density at radius 1 is 1.05 bits per heavy atom. The van der Waals surface area contributed by atoms with Crippen LogP contribution in [0.3, 0.4) is 0 Å². The molecule has 6 nitrogen and oxygen atoms in total. The van der Waals surface area contributed by atoms with Gasteiger partial charge in [-0.1, -0.05) is 24.8 Å². The zero-order chi connectivity index (χ0) is 15.6. The number of nitrogens with zero attached hydrogens (tertiary/aromatic N) is 4. The Kier molecular flexibility index (Phi) is 3.56. The van der Waals surface area contributed by atoms with Gasteiger partial charge in [0.05, 0.1) is 23.3 Å². The van der Waals surface area contributed by atoms with E-state index in [2.05, 4.69) is 21.6 Å². The fourth-order valence-electron chi connectivity index (χ4n) is 1.97. The molecule has 3 rings (SSSR count). The van der Waals surface area contributed by atoms with Gasteiger partial charge in [0.15, 0.2) is 0 Å². The average molecular weight is 312 g/mol. The normalized spacial score (nSPS) is 11.3. The van der Waals surface area contributed by atoms with Gasteiger partial charge in [0, 0.05) is 11.6 Å². The number of aromatic nitrogens is 4. The van der Waals surface area contributed by atoms with Crippen LogP contribution < -0.4 is 0 Å². The van der Waals surface area contributed by atoms with Gasteiger partial charge in [-0.25, -0.2) is 23.1 Å². The summed E-state index contributed by atoms with van der Waals surface area (Å²) in [7, 11) is -3.68. The van der Waals surface area contributed by atoms with Crippen molar-refractivity contribution in [1.29, 1.82) is 0 Å². The van der Waals surface area contributed by atoms with Gasteiger partial charge in [0.1, 0.15) is 0 Å². The van der Waals surface area contributed by atoms with Gasteiger partial charge in [0.2, 0.25) is 9.84 Å². The van der Waals surface area contributed by atoms with Crippen molar-refractivity contribution in [3.63, 3.8) is 0 Å². The Balaban J connectivity index is 2.13. The van der Waals surface area contributed by atoms with Crippen LogP contribution in [0.2, 0.25) is 0 Å². The number of sulfone groups is 1. The maximum absolute atomic E-state index is 11.8. The van der Waals surface area contributed by atoms with Crippen molar-refractivity contribution in [3.8, 4) is 17.1 Å². The highest BCUT2D eigenvalue weighted by Crippen LogP contribution is 2.21. The van der Waals surface area contributed by atoms with Crippen LogP contribution in [0, 0.1) is 0 Å².